The molecular weight excluding hydrogens is 547 g/mol. The number of tetrazole rings is 1. The molecule has 0 bridgehead atoms. The summed E-state index contributed by atoms with van der Waals surface area (Å²) < 4.78 is 23.3. The monoisotopic (exact) mass is 572 g/mol. The number of amides is 1. The number of rotatable bonds is 8. The van der Waals surface area contributed by atoms with Gasteiger partial charge >= 0.3 is 6.09 Å². The lowest BCUT2D eigenvalue weighted by Crippen LogP contribution is -2.21. The van der Waals surface area contributed by atoms with Crippen molar-refractivity contribution in [2.24, 2.45) is 5.92 Å². The van der Waals surface area contributed by atoms with Crippen molar-refractivity contribution < 1.29 is 13.9 Å². The second kappa shape index (κ2) is 11.5. The molecule has 2 aromatic carbocycles. The number of carbonyl (C=O) groups is 1. The minimum atomic E-state index is -0.565. The van der Waals surface area contributed by atoms with Gasteiger partial charge in [0, 0.05) is 34.8 Å². The van der Waals surface area contributed by atoms with Crippen molar-refractivity contribution >= 4 is 23.4 Å². The van der Waals surface area contributed by atoms with Crippen LogP contribution in [0.2, 0.25) is 5.02 Å². The van der Waals surface area contributed by atoms with Gasteiger partial charge in [0.05, 0.1) is 35.8 Å². The summed E-state index contributed by atoms with van der Waals surface area (Å²) in [5, 5.41) is 18.6. The highest BCUT2D eigenvalue weighted by Gasteiger charge is 2.26. The molecule has 1 aliphatic rings. The van der Waals surface area contributed by atoms with Crippen LogP contribution in [-0.4, -0.2) is 48.2 Å². The van der Waals surface area contributed by atoms with Crippen LogP contribution in [-0.2, 0) is 4.74 Å². The van der Waals surface area contributed by atoms with E-state index in [9.17, 15) is 4.79 Å². The Hall–Kier alpha value is -4.64. The summed E-state index contributed by atoms with van der Waals surface area (Å²) in [6, 6.07) is 14.3. The Labute approximate surface area is 240 Å². The first-order valence-corrected chi connectivity index (χ1v) is 13.5. The van der Waals surface area contributed by atoms with E-state index >= 15 is 4.39 Å². The standard InChI is InChI=1S/C29H26ClFN8O2/c1-41-29(40)35-22-8-5-19(6-9-22)21-15-34-38(16-21)26(13-18-3-2-4-18)24-11-7-20(14-32-24)27-25(39-17-33-36-37-39)12-10-23(30)28(27)31/h5-12,14-18,26H,2-4,13H2,1H3,(H,35,40). The molecular formula is C29H26ClFN8O2. The van der Waals surface area contributed by atoms with Crippen LogP contribution in [0.5, 0.6) is 0 Å². The van der Waals surface area contributed by atoms with E-state index in [0.29, 0.717) is 22.9 Å². The molecule has 6 rings (SSSR count). The van der Waals surface area contributed by atoms with Crippen LogP contribution in [0, 0.1) is 11.7 Å². The number of hydrogen-bond donors (Lipinski definition) is 1. The molecule has 1 N–H and O–H groups in total. The molecule has 1 saturated carbocycles. The van der Waals surface area contributed by atoms with E-state index in [4.69, 9.17) is 21.7 Å². The highest BCUT2D eigenvalue weighted by Crippen LogP contribution is 2.38. The summed E-state index contributed by atoms with van der Waals surface area (Å²) >= 11 is 6.14. The van der Waals surface area contributed by atoms with Gasteiger partial charge < -0.3 is 4.74 Å². The third-order valence-corrected chi connectivity index (χ3v) is 7.73. The fourth-order valence-electron chi connectivity index (χ4n) is 5.01. The third-order valence-electron chi connectivity index (χ3n) is 7.44. The number of benzene rings is 2. The summed E-state index contributed by atoms with van der Waals surface area (Å²) in [5.41, 5.74) is 4.66. The van der Waals surface area contributed by atoms with Gasteiger partial charge in [-0.05, 0) is 58.7 Å². The average Bonchev–Trinajstić information content (AvgIpc) is 3.68. The molecule has 0 aliphatic heterocycles. The summed E-state index contributed by atoms with van der Waals surface area (Å²) in [6.07, 6.45) is 10.9. The minimum Gasteiger partial charge on any atom is -0.453 e. The van der Waals surface area contributed by atoms with Crippen LogP contribution >= 0.6 is 11.6 Å². The van der Waals surface area contributed by atoms with Crippen molar-refractivity contribution in [1.29, 1.82) is 0 Å². The van der Waals surface area contributed by atoms with E-state index in [1.54, 1.807) is 12.3 Å². The van der Waals surface area contributed by atoms with Gasteiger partial charge in [-0.1, -0.05) is 49.1 Å². The topological polar surface area (TPSA) is 113 Å². The Morgan fingerprint density at radius 1 is 1.10 bits per heavy atom. The number of pyridine rings is 1. The maximum absolute atomic E-state index is 15.3. The minimum absolute atomic E-state index is 0.00180. The smallest absolute Gasteiger partial charge is 0.411 e. The van der Waals surface area contributed by atoms with Crippen LogP contribution in [0.4, 0.5) is 14.9 Å². The van der Waals surface area contributed by atoms with Crippen molar-refractivity contribution in [1.82, 2.24) is 35.0 Å². The van der Waals surface area contributed by atoms with Gasteiger partial charge in [-0.25, -0.2) is 9.18 Å². The van der Waals surface area contributed by atoms with Crippen LogP contribution in [0.1, 0.15) is 37.4 Å². The number of halogens is 2. The number of ether oxygens (including phenoxy) is 1. The fraction of sp³-hybridized carbons (Fsp3) is 0.241. The van der Waals surface area contributed by atoms with Gasteiger partial charge in [-0.2, -0.15) is 9.78 Å². The van der Waals surface area contributed by atoms with Crippen LogP contribution in [0.25, 0.3) is 27.9 Å². The molecule has 1 amide bonds. The van der Waals surface area contributed by atoms with E-state index in [0.717, 1.165) is 23.2 Å². The number of carbonyl (C=O) groups excluding carboxylic acids is 1. The Kier molecular flexibility index (Phi) is 7.43. The number of aromatic nitrogens is 7. The molecule has 3 aromatic heterocycles. The predicted molar refractivity (Wildman–Crippen MR) is 151 cm³/mol. The molecule has 10 nitrogen and oxygen atoms in total. The van der Waals surface area contributed by atoms with E-state index < -0.39 is 11.9 Å². The maximum Gasteiger partial charge on any atom is 0.411 e. The zero-order chi connectivity index (χ0) is 28.3. The largest absolute Gasteiger partial charge is 0.453 e. The van der Waals surface area contributed by atoms with Crippen LogP contribution in [0.15, 0.2) is 73.4 Å². The molecule has 0 radical (unpaired) electrons. The maximum atomic E-state index is 15.3. The van der Waals surface area contributed by atoms with Gasteiger partial charge in [0.2, 0.25) is 0 Å². The molecule has 1 aliphatic carbocycles. The van der Waals surface area contributed by atoms with Gasteiger partial charge in [0.15, 0.2) is 5.82 Å². The lowest BCUT2D eigenvalue weighted by molar-refractivity contribution is 0.187. The van der Waals surface area contributed by atoms with Gasteiger partial charge in [0.1, 0.15) is 6.33 Å². The first-order chi connectivity index (χ1) is 20.0. The normalized spacial score (nSPS) is 13.9. The molecule has 0 saturated heterocycles. The lowest BCUT2D eigenvalue weighted by atomic mass is 9.80. The van der Waals surface area contributed by atoms with Crippen LogP contribution < -0.4 is 5.32 Å². The Balaban J connectivity index is 1.30. The zero-order valence-corrected chi connectivity index (χ0v) is 22.9. The average molecular weight is 573 g/mol. The second-order valence-electron chi connectivity index (χ2n) is 9.93. The Morgan fingerprint density at radius 3 is 2.56 bits per heavy atom. The number of nitrogens with one attached hydrogen (secondary N) is 1. The molecule has 0 spiro atoms. The van der Waals surface area contributed by atoms with Gasteiger partial charge in [-0.3, -0.25) is 15.0 Å². The van der Waals surface area contributed by atoms with Crippen molar-refractivity contribution in [2.75, 3.05) is 12.4 Å². The quantitative estimate of drug-likeness (QED) is 0.231. The first kappa shape index (κ1) is 26.6. The Bertz CT molecular complexity index is 1650. The fourth-order valence-corrected chi connectivity index (χ4v) is 5.17. The summed E-state index contributed by atoms with van der Waals surface area (Å²) in [4.78, 5) is 16.3. The molecule has 1 atom stereocenters. The van der Waals surface area contributed by atoms with Crippen molar-refractivity contribution in [3.63, 3.8) is 0 Å². The number of anilines is 1. The highest BCUT2D eigenvalue weighted by molar-refractivity contribution is 6.31. The zero-order valence-electron chi connectivity index (χ0n) is 22.1. The van der Waals surface area contributed by atoms with Crippen molar-refractivity contribution in [3.8, 4) is 27.9 Å². The highest BCUT2D eigenvalue weighted by atomic mass is 35.5. The summed E-state index contributed by atoms with van der Waals surface area (Å²) in [6.45, 7) is 0. The molecule has 208 valence electrons. The predicted octanol–water partition coefficient (Wildman–Crippen LogP) is 6.34. The van der Waals surface area contributed by atoms with Gasteiger partial charge in [-0.15, -0.1) is 5.10 Å². The van der Waals surface area contributed by atoms with E-state index in [1.807, 2.05) is 53.5 Å². The molecule has 41 heavy (non-hydrogen) atoms. The third kappa shape index (κ3) is 5.53. The van der Waals surface area contributed by atoms with E-state index in [-0.39, 0.29) is 16.6 Å². The number of hydrogen-bond acceptors (Lipinski definition) is 7. The number of nitrogens with zero attached hydrogens (tertiary/aromatic N) is 7. The van der Waals surface area contributed by atoms with E-state index in [2.05, 4.69) is 25.6 Å². The SMILES string of the molecule is COC(=O)Nc1ccc(-c2cnn(C(CC3CCC3)c3ccc(-c4c(-n5cnnn5)ccc(Cl)c4F)cn3)c2)cc1. The molecule has 3 heterocycles. The Morgan fingerprint density at radius 2 is 1.90 bits per heavy atom. The van der Waals surface area contributed by atoms with Crippen molar-refractivity contribution in [3.05, 3.63) is 90.0 Å². The number of methoxy groups -OCH3 is 1. The van der Waals surface area contributed by atoms with Crippen LogP contribution in [0.3, 0.4) is 0 Å². The molecule has 12 heteroatoms. The molecule has 1 fully saturated rings. The summed E-state index contributed by atoms with van der Waals surface area (Å²) in [7, 11) is 1.32. The second-order valence-corrected chi connectivity index (χ2v) is 10.3. The molecule has 5 aromatic rings. The first-order valence-electron chi connectivity index (χ1n) is 13.2. The van der Waals surface area contributed by atoms with Gasteiger partial charge in [0.25, 0.3) is 0 Å². The summed E-state index contributed by atoms with van der Waals surface area (Å²) in [5.74, 6) is 0.0272. The molecule has 1 unspecified atom stereocenters. The van der Waals surface area contributed by atoms with Crippen molar-refractivity contribution in [2.45, 2.75) is 31.7 Å². The van der Waals surface area contributed by atoms with E-state index in [1.165, 1.54) is 43.4 Å². The lowest BCUT2D eigenvalue weighted by Gasteiger charge is -2.29.